The summed E-state index contributed by atoms with van der Waals surface area (Å²) >= 11 is 6.72. The fourth-order valence-corrected chi connectivity index (χ4v) is 4.37. The smallest absolute Gasteiger partial charge is 0.239 e. The summed E-state index contributed by atoms with van der Waals surface area (Å²) in [5.41, 5.74) is 6.32. The first-order chi connectivity index (χ1) is 9.12. The van der Waals surface area contributed by atoms with Gasteiger partial charge in [0.1, 0.15) is 0 Å². The van der Waals surface area contributed by atoms with E-state index in [0.29, 0.717) is 10.1 Å². The fraction of sp³-hybridized carbons (Fsp3) is 0.615. The van der Waals surface area contributed by atoms with E-state index in [0.717, 1.165) is 44.2 Å². The minimum Gasteiger partial charge on any atom is -0.392 e. The molecule has 2 aliphatic rings. The van der Waals surface area contributed by atoms with Gasteiger partial charge in [0.05, 0.1) is 16.1 Å². The van der Waals surface area contributed by atoms with Gasteiger partial charge in [0, 0.05) is 4.88 Å². The molecule has 0 aromatic carbocycles. The third-order valence-corrected chi connectivity index (χ3v) is 5.64. The van der Waals surface area contributed by atoms with Crippen LogP contribution in [0, 0.1) is 5.41 Å². The van der Waals surface area contributed by atoms with Crippen molar-refractivity contribution in [3.63, 3.8) is 0 Å². The number of nitrogens with one attached hydrogen (secondary N) is 1. The molecule has 6 heteroatoms. The predicted octanol–water partition coefficient (Wildman–Crippen LogP) is 2.42. The van der Waals surface area contributed by atoms with Gasteiger partial charge >= 0.3 is 0 Å². The summed E-state index contributed by atoms with van der Waals surface area (Å²) < 4.78 is 0. The molecule has 0 spiro atoms. The second-order valence-electron chi connectivity index (χ2n) is 5.35. The maximum absolute atomic E-state index is 12.5. The van der Waals surface area contributed by atoms with Gasteiger partial charge in [-0.3, -0.25) is 4.79 Å². The van der Waals surface area contributed by atoms with Crippen molar-refractivity contribution in [2.45, 2.75) is 44.9 Å². The Morgan fingerprint density at radius 3 is 2.68 bits per heavy atom. The van der Waals surface area contributed by atoms with Crippen LogP contribution in [0.5, 0.6) is 0 Å². The second kappa shape index (κ2) is 4.83. The van der Waals surface area contributed by atoms with Crippen molar-refractivity contribution in [2.75, 3.05) is 5.32 Å². The number of rotatable bonds is 3. The first kappa shape index (κ1) is 13.0. The van der Waals surface area contributed by atoms with Crippen LogP contribution in [-0.4, -0.2) is 15.9 Å². The summed E-state index contributed by atoms with van der Waals surface area (Å²) in [5.74, 6) is -0.0649. The second-order valence-corrected chi connectivity index (χ2v) is 6.87. The summed E-state index contributed by atoms with van der Waals surface area (Å²) in [6.07, 6.45) is 6.85. The molecule has 1 amide bonds. The van der Waals surface area contributed by atoms with E-state index in [9.17, 15) is 4.79 Å². The summed E-state index contributed by atoms with van der Waals surface area (Å²) in [7, 11) is 0. The monoisotopic (exact) mass is 295 g/mol. The number of hydrogen-bond acceptors (Lipinski definition) is 4. The Morgan fingerprint density at radius 1 is 1.32 bits per heavy atom. The summed E-state index contributed by atoms with van der Waals surface area (Å²) in [6.45, 7) is 0. The van der Waals surface area contributed by atoms with E-state index >= 15 is 0 Å². The van der Waals surface area contributed by atoms with E-state index in [4.69, 9.17) is 18.0 Å². The molecule has 3 N–H and O–H groups in total. The lowest BCUT2D eigenvalue weighted by Gasteiger charge is -2.25. The molecule has 0 unspecified atom stereocenters. The van der Waals surface area contributed by atoms with Crippen LogP contribution in [0.1, 0.15) is 42.7 Å². The quantitative estimate of drug-likeness (QED) is 0.840. The Morgan fingerprint density at radius 2 is 2.05 bits per heavy atom. The Kier molecular flexibility index (Phi) is 3.30. The zero-order valence-corrected chi connectivity index (χ0v) is 12.3. The number of anilines is 1. The van der Waals surface area contributed by atoms with Crippen molar-refractivity contribution in [1.29, 1.82) is 0 Å². The molecular weight excluding hydrogens is 278 g/mol. The van der Waals surface area contributed by atoms with Crippen LogP contribution in [0.2, 0.25) is 0 Å². The molecule has 0 bridgehead atoms. The number of carbonyl (C=O) groups excluding carboxylic acids is 1. The molecule has 102 valence electrons. The van der Waals surface area contributed by atoms with Gasteiger partial charge < -0.3 is 11.1 Å². The van der Waals surface area contributed by atoms with E-state index in [-0.39, 0.29) is 5.91 Å². The first-order valence-corrected chi connectivity index (χ1v) is 7.94. The fourth-order valence-electron chi connectivity index (χ4n) is 3.02. The molecule has 1 saturated carbocycles. The van der Waals surface area contributed by atoms with Gasteiger partial charge in [-0.2, -0.15) is 0 Å². The molecular formula is C13H17N3OS2. The van der Waals surface area contributed by atoms with E-state index in [2.05, 4.69) is 10.3 Å². The summed E-state index contributed by atoms with van der Waals surface area (Å²) in [4.78, 5) is 18.6. The first-order valence-electron chi connectivity index (χ1n) is 6.72. The highest BCUT2D eigenvalue weighted by Gasteiger charge is 2.44. The largest absolute Gasteiger partial charge is 0.392 e. The highest BCUT2D eigenvalue weighted by atomic mass is 32.1. The average molecular weight is 295 g/mol. The molecule has 0 saturated heterocycles. The molecule has 0 radical (unpaired) electrons. The molecule has 19 heavy (non-hydrogen) atoms. The molecule has 4 nitrogen and oxygen atoms in total. The number of hydrogen-bond donors (Lipinski definition) is 2. The summed E-state index contributed by atoms with van der Waals surface area (Å²) in [6, 6.07) is 0. The van der Waals surface area contributed by atoms with Crippen molar-refractivity contribution >= 4 is 39.6 Å². The maximum atomic E-state index is 12.5. The third kappa shape index (κ3) is 2.17. The Balaban J connectivity index is 1.78. The lowest BCUT2D eigenvalue weighted by molar-refractivity contribution is -0.122. The van der Waals surface area contributed by atoms with Crippen molar-refractivity contribution in [3.05, 3.63) is 10.6 Å². The number of amides is 1. The van der Waals surface area contributed by atoms with Crippen LogP contribution in [0.25, 0.3) is 0 Å². The molecule has 1 heterocycles. The van der Waals surface area contributed by atoms with Crippen LogP contribution in [0.3, 0.4) is 0 Å². The van der Waals surface area contributed by atoms with Gasteiger partial charge in [-0.25, -0.2) is 4.98 Å². The number of aryl methyl sites for hydroxylation is 2. The highest BCUT2D eigenvalue weighted by Crippen LogP contribution is 2.40. The number of aromatic nitrogens is 1. The zero-order chi connectivity index (χ0) is 13.5. The Bertz CT molecular complexity index is 510. The number of carbonyl (C=O) groups is 1. The number of thiazole rings is 1. The van der Waals surface area contributed by atoms with Gasteiger partial charge in [0.2, 0.25) is 5.91 Å². The van der Waals surface area contributed by atoms with Gasteiger partial charge in [0.25, 0.3) is 0 Å². The predicted molar refractivity (Wildman–Crippen MR) is 80.5 cm³/mol. The van der Waals surface area contributed by atoms with E-state index in [1.54, 1.807) is 11.3 Å². The number of nitrogens with zero attached hydrogens (tertiary/aromatic N) is 1. The average Bonchev–Trinajstić information content (AvgIpc) is 3.02. The third-order valence-electron chi connectivity index (χ3n) is 4.18. The van der Waals surface area contributed by atoms with Crippen molar-refractivity contribution in [2.24, 2.45) is 11.1 Å². The SMILES string of the molecule is NC(=S)C1(C(=O)Nc2nc3c(s2)CCC3)CCCC1. The molecule has 1 fully saturated rings. The molecule has 3 rings (SSSR count). The number of nitrogens with two attached hydrogens (primary N) is 1. The normalized spacial score (nSPS) is 20.2. The Labute approximate surface area is 121 Å². The molecule has 1 aromatic heterocycles. The lowest BCUT2D eigenvalue weighted by atomic mass is 9.85. The minimum absolute atomic E-state index is 0.0649. The molecule has 2 aliphatic carbocycles. The highest BCUT2D eigenvalue weighted by molar-refractivity contribution is 7.80. The Hall–Kier alpha value is -1.01. The van der Waals surface area contributed by atoms with E-state index in [1.165, 1.54) is 11.3 Å². The van der Waals surface area contributed by atoms with Gasteiger partial charge in [-0.05, 0) is 32.1 Å². The number of fused-ring (bicyclic) bond motifs is 1. The van der Waals surface area contributed by atoms with Crippen LogP contribution in [0.15, 0.2) is 0 Å². The van der Waals surface area contributed by atoms with Crippen molar-refractivity contribution < 1.29 is 4.79 Å². The summed E-state index contributed by atoms with van der Waals surface area (Å²) in [5, 5.41) is 3.64. The zero-order valence-electron chi connectivity index (χ0n) is 10.7. The van der Waals surface area contributed by atoms with Crippen LogP contribution in [0.4, 0.5) is 5.13 Å². The van der Waals surface area contributed by atoms with Gasteiger partial charge in [-0.15, -0.1) is 11.3 Å². The molecule has 0 aliphatic heterocycles. The van der Waals surface area contributed by atoms with Gasteiger partial charge in [-0.1, -0.05) is 25.1 Å². The minimum atomic E-state index is -0.647. The topological polar surface area (TPSA) is 68.0 Å². The number of thiocarbonyl (C=S) groups is 1. The van der Waals surface area contributed by atoms with Crippen molar-refractivity contribution in [1.82, 2.24) is 4.98 Å². The van der Waals surface area contributed by atoms with Crippen LogP contribution in [-0.2, 0) is 17.6 Å². The van der Waals surface area contributed by atoms with E-state index in [1.807, 2.05) is 0 Å². The maximum Gasteiger partial charge on any atom is 0.239 e. The van der Waals surface area contributed by atoms with Crippen LogP contribution >= 0.6 is 23.6 Å². The molecule has 1 aromatic rings. The van der Waals surface area contributed by atoms with Crippen molar-refractivity contribution in [3.8, 4) is 0 Å². The molecule has 0 atom stereocenters. The van der Waals surface area contributed by atoms with Gasteiger partial charge in [0.15, 0.2) is 5.13 Å². The van der Waals surface area contributed by atoms with Crippen LogP contribution < -0.4 is 11.1 Å². The standard InChI is InChI=1S/C13H17N3OS2/c14-10(18)13(6-1-2-7-13)11(17)16-12-15-8-4-3-5-9(8)19-12/h1-7H2,(H2,14,18)(H,15,16,17). The van der Waals surface area contributed by atoms with E-state index < -0.39 is 5.41 Å². The lowest BCUT2D eigenvalue weighted by Crippen LogP contribution is -2.43.